The van der Waals surface area contributed by atoms with E-state index in [-0.39, 0.29) is 12.1 Å². The van der Waals surface area contributed by atoms with Gasteiger partial charge in [-0.1, -0.05) is 12.1 Å². The van der Waals surface area contributed by atoms with Crippen LogP contribution in [0.3, 0.4) is 0 Å². The Morgan fingerprint density at radius 1 is 0.379 bits per heavy atom. The van der Waals surface area contributed by atoms with Gasteiger partial charge in [-0.05, 0) is 24.3 Å². The highest BCUT2D eigenvalue weighted by molar-refractivity contribution is 7.20. The molecule has 7 aromatic rings. The fraction of sp³-hybridized carbons (Fsp3) is 0.0244. The van der Waals surface area contributed by atoms with Crippen molar-refractivity contribution in [2.75, 3.05) is 0 Å². The molecule has 0 atom stereocenters. The van der Waals surface area contributed by atoms with Crippen LogP contribution >= 0.6 is 0 Å². The minimum atomic E-state index is -7.22. The zero-order valence-corrected chi connectivity index (χ0v) is 31.2. The van der Waals surface area contributed by atoms with Crippen molar-refractivity contribution in [2.24, 2.45) is 0 Å². The largest absolute Gasteiger partial charge is 0.287 e. The fourth-order valence-corrected chi connectivity index (χ4v) is 7.19. The zero-order chi connectivity index (χ0) is 49.2. The van der Waals surface area contributed by atoms with E-state index in [0.29, 0.717) is 0 Å². The molecule has 0 saturated heterocycles. The van der Waals surface area contributed by atoms with Crippen LogP contribution in [0.15, 0.2) is 60.8 Å². The van der Waals surface area contributed by atoms with Crippen LogP contribution in [0.4, 0.5) is 96.6 Å². The molecule has 0 spiro atoms. The van der Waals surface area contributed by atoms with Crippen molar-refractivity contribution in [1.82, 2.24) is 0 Å². The standard InChI is InChI=1S/C24BF20.C17H12F2NO/c26-5-1(6(27)14(35)21(42)13(5)34)25(2-7(28)15(36)22(43)16(37)8(2)29,3-9(30)17(38)23(44)18(39)10(3)31)4-11(32)19(40)24(45)20(41)12(4)33;18-13-7-8-14(15(19)10-13)17(21)11-20-9-3-5-12-4-1-2-6-16(12)20/h;1-10H,11H2/q-1;+1. The van der Waals surface area contributed by atoms with Gasteiger partial charge in [0.1, 0.15) is 64.3 Å². The van der Waals surface area contributed by atoms with Crippen molar-refractivity contribution >= 4 is 44.7 Å². The number of nitrogens with zero attached hydrogens (tertiary/aromatic N) is 1. The lowest BCUT2D eigenvalue weighted by Crippen LogP contribution is -2.81. The van der Waals surface area contributed by atoms with Gasteiger partial charge in [0.05, 0.1) is 5.56 Å². The Morgan fingerprint density at radius 2 is 0.682 bits per heavy atom. The number of para-hydroxylation sites is 1. The summed E-state index contributed by atoms with van der Waals surface area (Å²) in [4.78, 5) is 12.2. The van der Waals surface area contributed by atoms with Gasteiger partial charge in [0, 0.05) is 23.6 Å². The molecule has 0 bridgehead atoms. The van der Waals surface area contributed by atoms with Crippen molar-refractivity contribution in [3.8, 4) is 0 Å². The van der Waals surface area contributed by atoms with Gasteiger partial charge in [-0.2, -0.15) is 4.57 Å². The summed E-state index contributed by atoms with van der Waals surface area (Å²) in [5.41, 5.74) is -13.5. The Balaban J connectivity index is 0.000000284. The molecule has 1 heterocycles. The first kappa shape index (κ1) is 48.4. The van der Waals surface area contributed by atoms with Crippen molar-refractivity contribution < 1.29 is 106 Å². The fourth-order valence-electron chi connectivity index (χ4n) is 7.19. The second-order valence-electron chi connectivity index (χ2n) is 13.5. The number of fused-ring (bicyclic) bond motifs is 1. The number of carbonyl (C=O) groups excluding carboxylic acids is 1. The van der Waals surface area contributed by atoms with E-state index in [2.05, 4.69) is 0 Å². The first-order chi connectivity index (χ1) is 30.8. The maximum atomic E-state index is 15.4. The average Bonchev–Trinajstić information content (AvgIpc) is 3.29. The predicted molar refractivity (Wildman–Crippen MR) is 184 cm³/mol. The number of Topliss-reactive ketones (excluding diaryl/α,β-unsaturated/α-hetero) is 1. The summed E-state index contributed by atoms with van der Waals surface area (Å²) >= 11 is 0. The molecule has 6 aromatic carbocycles. The Labute approximate surface area is 351 Å². The second-order valence-corrected chi connectivity index (χ2v) is 13.5. The van der Waals surface area contributed by atoms with E-state index in [0.717, 1.165) is 23.0 Å². The van der Waals surface area contributed by atoms with Crippen molar-refractivity contribution in [3.05, 3.63) is 194 Å². The maximum Gasteiger partial charge on any atom is 0.230 e. The summed E-state index contributed by atoms with van der Waals surface area (Å²) in [6, 6.07) is 14.4. The van der Waals surface area contributed by atoms with Crippen LogP contribution in [0.5, 0.6) is 0 Å². The van der Waals surface area contributed by atoms with Crippen molar-refractivity contribution in [1.29, 1.82) is 0 Å². The van der Waals surface area contributed by atoms with Crippen LogP contribution in [0, 0.1) is 128 Å². The van der Waals surface area contributed by atoms with Gasteiger partial charge in [0.25, 0.3) is 0 Å². The number of aromatic nitrogens is 1. The summed E-state index contributed by atoms with van der Waals surface area (Å²) in [6.07, 6.45) is -5.45. The lowest BCUT2D eigenvalue weighted by molar-refractivity contribution is -0.657. The summed E-state index contributed by atoms with van der Waals surface area (Å²) in [5.74, 6) is -73.3. The molecular weight excluding hydrogens is 951 g/mol. The molecule has 0 saturated carbocycles. The van der Waals surface area contributed by atoms with Crippen LogP contribution in [-0.2, 0) is 6.54 Å². The maximum absolute atomic E-state index is 15.4. The SMILES string of the molecule is Fc1c(F)c(F)c([B-](c2c(F)c(F)c(F)c(F)c2F)(c2c(F)c(F)c(F)c(F)c2F)c2c(F)c(F)c(F)c(F)c2F)c(F)c1F.O=C(C[n+]1cccc2ccccc21)c1ccc(F)cc1F. The topological polar surface area (TPSA) is 20.9 Å². The number of carbonyl (C=O) groups is 1. The van der Waals surface area contributed by atoms with Gasteiger partial charge in [-0.15, -0.1) is 21.9 Å². The zero-order valence-electron chi connectivity index (χ0n) is 31.2. The number of ketones is 1. The molecule has 344 valence electrons. The molecule has 0 N–H and O–H groups in total. The average molecular weight is 963 g/mol. The first-order valence-corrected chi connectivity index (χ1v) is 17.4. The van der Waals surface area contributed by atoms with Gasteiger partial charge in [-0.25, -0.2) is 96.6 Å². The third-order valence-electron chi connectivity index (χ3n) is 10.0. The minimum Gasteiger partial charge on any atom is -0.287 e. The normalized spacial score (nSPS) is 11.6. The van der Waals surface area contributed by atoms with Gasteiger partial charge in [-0.3, -0.25) is 4.79 Å². The molecule has 0 aliphatic rings. The summed E-state index contributed by atoms with van der Waals surface area (Å²) in [5, 5.41) is 0.993. The molecule has 0 amide bonds. The molecule has 0 radical (unpaired) electrons. The predicted octanol–water partition coefficient (Wildman–Crippen LogP) is 9.13. The van der Waals surface area contributed by atoms with Crippen molar-refractivity contribution in [2.45, 2.75) is 6.54 Å². The number of pyridine rings is 1. The number of hydrogen-bond donors (Lipinski definition) is 0. The molecule has 1 aromatic heterocycles. The highest BCUT2D eigenvalue weighted by atomic mass is 19.2. The minimum absolute atomic E-state index is 0.00387. The van der Waals surface area contributed by atoms with E-state index >= 15 is 35.1 Å². The lowest BCUT2D eigenvalue weighted by Gasteiger charge is -2.44. The van der Waals surface area contributed by atoms with Gasteiger partial charge >= 0.3 is 0 Å². The molecule has 0 aliphatic heterocycles. The Hall–Kier alpha value is -7.08. The highest BCUT2D eigenvalue weighted by Gasteiger charge is 2.52. The third kappa shape index (κ3) is 7.42. The number of rotatable bonds is 7. The van der Waals surface area contributed by atoms with Gasteiger partial charge < -0.3 is 0 Å². The Kier molecular flexibility index (Phi) is 13.0. The molecular formula is C41H12BF22NO. The van der Waals surface area contributed by atoms with E-state index in [1.54, 1.807) is 10.8 Å². The molecule has 0 fully saturated rings. The van der Waals surface area contributed by atoms with Crippen molar-refractivity contribution in [3.63, 3.8) is 0 Å². The first-order valence-electron chi connectivity index (χ1n) is 17.4. The molecule has 0 aliphatic carbocycles. The second kappa shape index (κ2) is 17.7. The summed E-state index contributed by atoms with van der Waals surface area (Å²) < 4.78 is 322. The number of benzene rings is 6. The number of halogens is 22. The van der Waals surface area contributed by atoms with Crippen LogP contribution in [0.1, 0.15) is 10.4 Å². The smallest absolute Gasteiger partial charge is 0.230 e. The van der Waals surface area contributed by atoms with Gasteiger partial charge in [0.15, 0.2) is 76.0 Å². The van der Waals surface area contributed by atoms with E-state index < -0.39 is 162 Å². The molecule has 0 unspecified atom stereocenters. The monoisotopic (exact) mass is 963 g/mol. The number of hydrogen-bond acceptors (Lipinski definition) is 1. The third-order valence-corrected chi connectivity index (χ3v) is 10.0. The van der Waals surface area contributed by atoms with Gasteiger partial charge in [0.2, 0.25) is 17.8 Å². The molecule has 25 heteroatoms. The molecule has 66 heavy (non-hydrogen) atoms. The highest BCUT2D eigenvalue weighted by Crippen LogP contribution is 2.31. The molecule has 7 rings (SSSR count). The van der Waals surface area contributed by atoms with E-state index in [9.17, 15) is 66.3 Å². The summed E-state index contributed by atoms with van der Waals surface area (Å²) in [7, 11) is 0. The van der Waals surface area contributed by atoms with Crippen LogP contribution in [0.2, 0.25) is 0 Å². The Morgan fingerprint density at radius 3 is 1.02 bits per heavy atom. The quantitative estimate of drug-likeness (QED) is 0.0391. The lowest BCUT2D eigenvalue weighted by atomic mass is 9.12. The summed E-state index contributed by atoms with van der Waals surface area (Å²) in [6.45, 7) is 0.00387. The molecule has 2 nitrogen and oxygen atoms in total. The Bertz CT molecular complexity index is 2790. The van der Waals surface area contributed by atoms with Crippen LogP contribution < -0.4 is 26.4 Å². The van der Waals surface area contributed by atoms with Crippen LogP contribution in [-0.4, -0.2) is 11.9 Å². The van der Waals surface area contributed by atoms with E-state index in [1.807, 2.05) is 36.4 Å². The van der Waals surface area contributed by atoms with E-state index in [1.165, 1.54) is 6.07 Å². The van der Waals surface area contributed by atoms with Crippen LogP contribution in [0.25, 0.3) is 10.9 Å². The van der Waals surface area contributed by atoms with E-state index in [4.69, 9.17) is 0 Å².